The summed E-state index contributed by atoms with van der Waals surface area (Å²) in [5.41, 5.74) is 1.06. The predicted molar refractivity (Wildman–Crippen MR) is 97.2 cm³/mol. The molecule has 1 aliphatic rings. The molecule has 0 bridgehead atoms. The van der Waals surface area contributed by atoms with Crippen molar-refractivity contribution < 1.29 is 27.8 Å². The van der Waals surface area contributed by atoms with E-state index in [1.807, 2.05) is 0 Å². The van der Waals surface area contributed by atoms with Gasteiger partial charge in [0.2, 0.25) is 0 Å². The zero-order valence-corrected chi connectivity index (χ0v) is 15.7. The highest BCUT2D eigenvalue weighted by Crippen LogP contribution is 2.42. The van der Waals surface area contributed by atoms with Crippen molar-refractivity contribution in [1.82, 2.24) is 9.78 Å². The number of rotatable bonds is 8. The van der Waals surface area contributed by atoms with Crippen LogP contribution >= 0.6 is 0 Å². The normalized spacial score (nSPS) is 21.4. The molecule has 0 spiro atoms. The van der Waals surface area contributed by atoms with Crippen molar-refractivity contribution in [1.29, 1.82) is 0 Å². The zero-order chi connectivity index (χ0) is 20.0. The number of methoxy groups -OCH3 is 1. The molecular formula is C20H24F2N2O4. The van der Waals surface area contributed by atoms with E-state index in [1.165, 1.54) is 0 Å². The van der Waals surface area contributed by atoms with Crippen LogP contribution in [0.25, 0.3) is 0 Å². The van der Waals surface area contributed by atoms with Crippen molar-refractivity contribution in [3.05, 3.63) is 53.9 Å². The van der Waals surface area contributed by atoms with E-state index < -0.39 is 24.4 Å². The SMILES string of the molecule is COCCOCn1nccc1[C@H]1CCC(F)(F)CC1OC(=O)c1ccccc1. The van der Waals surface area contributed by atoms with E-state index in [1.54, 1.807) is 54.4 Å². The highest BCUT2D eigenvalue weighted by atomic mass is 19.3. The number of alkyl halides is 2. The molecule has 1 saturated carbocycles. The molecule has 1 aromatic heterocycles. The summed E-state index contributed by atoms with van der Waals surface area (Å²) in [7, 11) is 1.58. The maximum Gasteiger partial charge on any atom is 0.338 e. The zero-order valence-electron chi connectivity index (χ0n) is 15.7. The Hall–Kier alpha value is -2.32. The second-order valence-electron chi connectivity index (χ2n) is 6.80. The quantitative estimate of drug-likeness (QED) is 0.505. The van der Waals surface area contributed by atoms with Crippen molar-refractivity contribution in [3.63, 3.8) is 0 Å². The molecule has 1 heterocycles. The minimum Gasteiger partial charge on any atom is -0.458 e. The van der Waals surface area contributed by atoms with Crippen LogP contribution in [0.15, 0.2) is 42.6 Å². The molecule has 2 aromatic rings. The minimum atomic E-state index is -2.86. The van der Waals surface area contributed by atoms with Crippen molar-refractivity contribution in [2.75, 3.05) is 20.3 Å². The third-order valence-corrected chi connectivity index (χ3v) is 4.81. The Bertz CT molecular complexity index is 767. The molecule has 1 aliphatic carbocycles. The highest BCUT2D eigenvalue weighted by Gasteiger charge is 2.45. The molecule has 152 valence electrons. The van der Waals surface area contributed by atoms with Gasteiger partial charge in [-0.2, -0.15) is 5.10 Å². The first-order chi connectivity index (χ1) is 13.5. The van der Waals surface area contributed by atoms with Crippen LogP contribution in [0.2, 0.25) is 0 Å². The standard InChI is InChI=1S/C20H24F2N2O4/c1-26-11-12-27-14-24-17(8-10-23-24)16-7-9-20(21,22)13-18(16)28-19(25)15-5-3-2-4-6-15/h2-6,8,10,16,18H,7,9,11-14H2,1H3/t16-,18?/m1/s1. The molecule has 1 fully saturated rings. The van der Waals surface area contributed by atoms with Crippen LogP contribution in [0.5, 0.6) is 0 Å². The second kappa shape index (κ2) is 9.25. The number of halogens is 2. The van der Waals surface area contributed by atoms with Gasteiger partial charge in [-0.05, 0) is 24.6 Å². The Morgan fingerprint density at radius 3 is 2.79 bits per heavy atom. The van der Waals surface area contributed by atoms with Gasteiger partial charge >= 0.3 is 5.97 Å². The van der Waals surface area contributed by atoms with E-state index in [9.17, 15) is 13.6 Å². The van der Waals surface area contributed by atoms with Gasteiger partial charge in [-0.3, -0.25) is 0 Å². The van der Waals surface area contributed by atoms with Crippen LogP contribution in [0.4, 0.5) is 8.78 Å². The maximum atomic E-state index is 14.1. The molecule has 0 radical (unpaired) electrons. The Kier molecular flexibility index (Phi) is 6.74. The average molecular weight is 394 g/mol. The molecule has 8 heteroatoms. The number of ether oxygens (including phenoxy) is 3. The minimum absolute atomic E-state index is 0.179. The fraction of sp³-hybridized carbons (Fsp3) is 0.500. The molecule has 6 nitrogen and oxygen atoms in total. The van der Waals surface area contributed by atoms with Crippen LogP contribution in [-0.2, 0) is 20.9 Å². The molecule has 0 aliphatic heterocycles. The second-order valence-corrected chi connectivity index (χ2v) is 6.80. The Morgan fingerprint density at radius 1 is 1.25 bits per heavy atom. The Balaban J connectivity index is 1.75. The summed E-state index contributed by atoms with van der Waals surface area (Å²) in [5.74, 6) is -3.84. The number of hydrogen-bond donors (Lipinski definition) is 0. The van der Waals surface area contributed by atoms with Crippen molar-refractivity contribution in [3.8, 4) is 0 Å². The van der Waals surface area contributed by atoms with E-state index in [4.69, 9.17) is 14.2 Å². The molecular weight excluding hydrogens is 370 g/mol. The van der Waals surface area contributed by atoms with Gasteiger partial charge in [-0.25, -0.2) is 18.3 Å². The summed E-state index contributed by atoms with van der Waals surface area (Å²) >= 11 is 0. The van der Waals surface area contributed by atoms with E-state index in [0.717, 1.165) is 5.69 Å². The van der Waals surface area contributed by atoms with Crippen LogP contribution in [0.3, 0.4) is 0 Å². The largest absolute Gasteiger partial charge is 0.458 e. The lowest BCUT2D eigenvalue weighted by Crippen LogP contribution is -2.39. The van der Waals surface area contributed by atoms with Gasteiger partial charge in [0.25, 0.3) is 5.92 Å². The van der Waals surface area contributed by atoms with Crippen molar-refractivity contribution in [2.45, 2.75) is 43.9 Å². The first kappa shape index (κ1) is 20.4. The van der Waals surface area contributed by atoms with Crippen molar-refractivity contribution >= 4 is 5.97 Å². The first-order valence-electron chi connectivity index (χ1n) is 9.22. The van der Waals surface area contributed by atoms with Gasteiger partial charge < -0.3 is 14.2 Å². The molecule has 0 N–H and O–H groups in total. The molecule has 1 unspecified atom stereocenters. The van der Waals surface area contributed by atoms with Gasteiger partial charge in [0.05, 0.1) is 18.8 Å². The number of carbonyl (C=O) groups is 1. The summed E-state index contributed by atoms with van der Waals surface area (Å²) in [6.45, 7) is 1.02. The lowest BCUT2D eigenvalue weighted by Gasteiger charge is -2.35. The van der Waals surface area contributed by atoms with Gasteiger partial charge in [-0.15, -0.1) is 0 Å². The topological polar surface area (TPSA) is 62.6 Å². The van der Waals surface area contributed by atoms with E-state index >= 15 is 0 Å². The number of nitrogens with zero attached hydrogens (tertiary/aromatic N) is 2. The first-order valence-corrected chi connectivity index (χ1v) is 9.22. The molecule has 0 saturated heterocycles. The van der Waals surface area contributed by atoms with E-state index in [-0.39, 0.29) is 25.5 Å². The molecule has 28 heavy (non-hydrogen) atoms. The van der Waals surface area contributed by atoms with E-state index in [0.29, 0.717) is 18.8 Å². The van der Waals surface area contributed by atoms with Gasteiger partial charge in [0.15, 0.2) is 0 Å². The van der Waals surface area contributed by atoms with Crippen LogP contribution in [0, 0.1) is 0 Å². The lowest BCUT2D eigenvalue weighted by atomic mass is 9.82. The van der Waals surface area contributed by atoms with Crippen molar-refractivity contribution in [2.24, 2.45) is 0 Å². The maximum absolute atomic E-state index is 14.1. The summed E-state index contributed by atoms with van der Waals surface area (Å²) < 4.78 is 45.7. The average Bonchev–Trinajstić information content (AvgIpc) is 3.13. The Labute approximate surface area is 162 Å². The smallest absolute Gasteiger partial charge is 0.338 e. The number of aromatic nitrogens is 2. The van der Waals surface area contributed by atoms with Gasteiger partial charge in [0.1, 0.15) is 12.8 Å². The van der Waals surface area contributed by atoms with E-state index in [2.05, 4.69) is 5.10 Å². The van der Waals surface area contributed by atoms with Crippen LogP contribution < -0.4 is 0 Å². The van der Waals surface area contributed by atoms with Gasteiger partial charge in [0, 0.05) is 37.8 Å². The van der Waals surface area contributed by atoms with Crippen LogP contribution in [0.1, 0.15) is 41.2 Å². The van der Waals surface area contributed by atoms with Crippen LogP contribution in [-0.4, -0.2) is 48.1 Å². The number of esters is 1. The summed E-state index contributed by atoms with van der Waals surface area (Å²) in [6, 6.07) is 10.2. The monoisotopic (exact) mass is 394 g/mol. The fourth-order valence-electron chi connectivity index (χ4n) is 3.39. The predicted octanol–water partition coefficient (Wildman–Crippen LogP) is 3.63. The number of hydrogen-bond acceptors (Lipinski definition) is 5. The number of carbonyl (C=O) groups excluding carboxylic acids is 1. The molecule has 2 atom stereocenters. The summed E-state index contributed by atoms with van der Waals surface area (Å²) in [4.78, 5) is 12.4. The van der Waals surface area contributed by atoms with Gasteiger partial charge in [-0.1, -0.05) is 18.2 Å². The summed E-state index contributed by atoms with van der Waals surface area (Å²) in [5, 5.41) is 4.22. The Morgan fingerprint density at radius 2 is 2.04 bits per heavy atom. The highest BCUT2D eigenvalue weighted by molar-refractivity contribution is 5.89. The lowest BCUT2D eigenvalue weighted by molar-refractivity contribution is -0.0911. The fourth-order valence-corrected chi connectivity index (χ4v) is 3.39. The molecule has 3 rings (SSSR count). The third kappa shape index (κ3) is 5.14. The molecule has 1 aromatic carbocycles. The summed E-state index contributed by atoms with van der Waals surface area (Å²) in [6.07, 6.45) is 0.0888. The third-order valence-electron chi connectivity index (χ3n) is 4.81. The molecule has 0 amide bonds. The number of benzene rings is 1.